The number of nitrogens with one attached hydrogen (secondary N) is 1. The van der Waals surface area contributed by atoms with Crippen LogP contribution in [-0.4, -0.2) is 17.0 Å². The molecule has 0 unspecified atom stereocenters. The van der Waals surface area contributed by atoms with Gasteiger partial charge in [0.05, 0.1) is 21.3 Å². The van der Waals surface area contributed by atoms with Gasteiger partial charge < -0.3 is 15.2 Å². The van der Waals surface area contributed by atoms with Crippen molar-refractivity contribution in [3.63, 3.8) is 0 Å². The van der Waals surface area contributed by atoms with E-state index in [-0.39, 0.29) is 24.0 Å². The van der Waals surface area contributed by atoms with E-state index in [0.717, 1.165) is 12.8 Å². The molecule has 2 N–H and O–H groups in total. The summed E-state index contributed by atoms with van der Waals surface area (Å²) >= 11 is 11.8. The molecule has 130 valence electrons. The molecule has 2 aromatic carbocycles. The third kappa shape index (κ3) is 4.44. The highest BCUT2D eigenvalue weighted by Gasteiger charge is 2.30. The maximum absolute atomic E-state index is 11.9. The summed E-state index contributed by atoms with van der Waals surface area (Å²) in [7, 11) is 0. The van der Waals surface area contributed by atoms with Gasteiger partial charge >= 0.3 is 5.97 Å². The third-order valence-electron chi connectivity index (χ3n) is 3.82. The summed E-state index contributed by atoms with van der Waals surface area (Å²) in [6.45, 7) is 0.162. The molecule has 3 rings (SSSR count). The fraction of sp³-hybridized carbons (Fsp3) is 0.222. The molecule has 0 saturated heterocycles. The topological polar surface area (TPSA) is 75.6 Å². The van der Waals surface area contributed by atoms with Crippen molar-refractivity contribution in [1.82, 2.24) is 0 Å². The van der Waals surface area contributed by atoms with Crippen molar-refractivity contribution in [3.05, 3.63) is 57.6 Å². The van der Waals surface area contributed by atoms with E-state index in [4.69, 9.17) is 27.9 Å². The van der Waals surface area contributed by atoms with Crippen LogP contribution in [0.5, 0.6) is 5.75 Å². The predicted octanol–water partition coefficient (Wildman–Crippen LogP) is 4.62. The van der Waals surface area contributed by atoms with Gasteiger partial charge in [0.2, 0.25) is 5.91 Å². The average molecular weight is 380 g/mol. The van der Waals surface area contributed by atoms with E-state index in [1.807, 2.05) is 0 Å². The van der Waals surface area contributed by atoms with E-state index >= 15 is 0 Å². The van der Waals surface area contributed by atoms with Crippen molar-refractivity contribution in [2.24, 2.45) is 5.92 Å². The van der Waals surface area contributed by atoms with Crippen LogP contribution in [0.3, 0.4) is 0 Å². The lowest BCUT2D eigenvalue weighted by molar-refractivity contribution is -0.117. The Morgan fingerprint density at radius 2 is 1.88 bits per heavy atom. The number of hydrogen-bond acceptors (Lipinski definition) is 3. The molecule has 0 bridgehead atoms. The largest absolute Gasteiger partial charge is 0.489 e. The van der Waals surface area contributed by atoms with Crippen LogP contribution in [0.1, 0.15) is 28.8 Å². The number of carboxylic acids is 1. The molecular weight excluding hydrogens is 365 g/mol. The van der Waals surface area contributed by atoms with E-state index in [9.17, 15) is 14.7 Å². The second-order valence-electron chi connectivity index (χ2n) is 5.81. The highest BCUT2D eigenvalue weighted by molar-refractivity contribution is 6.42. The minimum Gasteiger partial charge on any atom is -0.489 e. The summed E-state index contributed by atoms with van der Waals surface area (Å²) in [5.41, 5.74) is 0.986. The van der Waals surface area contributed by atoms with Crippen LogP contribution in [0, 0.1) is 5.92 Å². The Hall–Kier alpha value is -2.24. The number of hydrogen-bond donors (Lipinski definition) is 2. The molecule has 0 heterocycles. The molecule has 0 aromatic heterocycles. The van der Waals surface area contributed by atoms with Crippen molar-refractivity contribution in [3.8, 4) is 5.75 Å². The smallest absolute Gasteiger partial charge is 0.337 e. The van der Waals surface area contributed by atoms with Crippen molar-refractivity contribution < 1.29 is 19.4 Å². The summed E-state index contributed by atoms with van der Waals surface area (Å²) in [5.74, 6) is -0.721. The van der Waals surface area contributed by atoms with Gasteiger partial charge in [-0.2, -0.15) is 0 Å². The lowest BCUT2D eigenvalue weighted by Crippen LogP contribution is -2.16. The number of benzene rings is 2. The first-order valence-electron chi connectivity index (χ1n) is 7.69. The first-order chi connectivity index (χ1) is 11.9. The second kappa shape index (κ2) is 7.33. The molecule has 1 fully saturated rings. The van der Waals surface area contributed by atoms with Crippen LogP contribution in [0.4, 0.5) is 5.69 Å². The normalized spacial score (nSPS) is 13.4. The average Bonchev–Trinajstić information content (AvgIpc) is 3.41. The molecule has 1 amide bonds. The minimum atomic E-state index is -1.11. The Bertz CT molecular complexity index is 834. The van der Waals surface area contributed by atoms with Crippen LogP contribution in [0.25, 0.3) is 0 Å². The molecule has 7 heteroatoms. The number of amides is 1. The Morgan fingerprint density at radius 3 is 2.52 bits per heavy atom. The first kappa shape index (κ1) is 17.6. The van der Waals surface area contributed by atoms with Gasteiger partial charge in [-0.05, 0) is 42.7 Å². The fourth-order valence-corrected chi connectivity index (χ4v) is 2.57. The summed E-state index contributed by atoms with van der Waals surface area (Å²) in [6.07, 6.45) is 1.70. The van der Waals surface area contributed by atoms with E-state index in [0.29, 0.717) is 27.0 Å². The minimum absolute atomic E-state index is 0.000641. The number of aromatic carboxylic acids is 1. The first-order valence-corrected chi connectivity index (χ1v) is 8.44. The number of ether oxygens (including phenoxy) is 1. The predicted molar refractivity (Wildman–Crippen MR) is 95.5 cm³/mol. The zero-order chi connectivity index (χ0) is 18.0. The Labute approximate surface area is 154 Å². The zero-order valence-electron chi connectivity index (χ0n) is 13.1. The van der Waals surface area contributed by atoms with Crippen LogP contribution in [0.15, 0.2) is 36.4 Å². The van der Waals surface area contributed by atoms with E-state index in [2.05, 4.69) is 5.32 Å². The van der Waals surface area contributed by atoms with Gasteiger partial charge in [0.15, 0.2) is 0 Å². The summed E-state index contributed by atoms with van der Waals surface area (Å²) in [4.78, 5) is 23.3. The Morgan fingerprint density at radius 1 is 1.12 bits per heavy atom. The third-order valence-corrected chi connectivity index (χ3v) is 4.56. The number of rotatable bonds is 6. The maximum atomic E-state index is 11.9. The fourth-order valence-electron chi connectivity index (χ4n) is 2.28. The number of anilines is 1. The van der Waals surface area contributed by atoms with Crippen molar-refractivity contribution in [2.45, 2.75) is 19.4 Å². The number of carbonyl (C=O) groups excluding carboxylic acids is 1. The van der Waals surface area contributed by atoms with Gasteiger partial charge in [-0.25, -0.2) is 4.79 Å². The number of carboxylic acid groups (broad SMARTS) is 1. The molecule has 25 heavy (non-hydrogen) atoms. The maximum Gasteiger partial charge on any atom is 0.337 e. The molecule has 0 spiro atoms. The molecule has 2 aromatic rings. The Kier molecular flexibility index (Phi) is 5.16. The summed E-state index contributed by atoms with van der Waals surface area (Å²) in [5, 5.41) is 12.9. The molecule has 0 radical (unpaired) electrons. The van der Waals surface area contributed by atoms with Crippen molar-refractivity contribution in [2.75, 3.05) is 5.32 Å². The number of halogens is 2. The quantitative estimate of drug-likeness (QED) is 0.767. The van der Waals surface area contributed by atoms with Gasteiger partial charge in [-0.3, -0.25) is 4.79 Å². The van der Waals surface area contributed by atoms with Crippen molar-refractivity contribution in [1.29, 1.82) is 0 Å². The zero-order valence-corrected chi connectivity index (χ0v) is 14.6. The van der Waals surface area contributed by atoms with Gasteiger partial charge in [-0.15, -0.1) is 0 Å². The van der Waals surface area contributed by atoms with Crippen LogP contribution in [0.2, 0.25) is 10.0 Å². The molecule has 1 aliphatic rings. The summed E-state index contributed by atoms with van der Waals surface area (Å²) in [6, 6.07) is 9.67. The summed E-state index contributed by atoms with van der Waals surface area (Å²) < 4.78 is 5.61. The molecule has 0 atom stereocenters. The number of carbonyl (C=O) groups is 2. The van der Waals surface area contributed by atoms with Gasteiger partial charge in [0, 0.05) is 12.0 Å². The van der Waals surface area contributed by atoms with E-state index in [1.54, 1.807) is 30.3 Å². The molecule has 1 aliphatic carbocycles. The second-order valence-corrected chi connectivity index (χ2v) is 6.63. The highest BCUT2D eigenvalue weighted by Crippen LogP contribution is 2.31. The monoisotopic (exact) mass is 379 g/mol. The standard InChI is InChI=1S/C18H15Cl2NO4/c19-14-5-4-12(8-15(14)20)25-9-10-1-6-16(13(7-10)18(23)24)21-17(22)11-2-3-11/h1,4-8,11H,2-3,9H2,(H,21,22)(H,23,24). The molecule has 0 aliphatic heterocycles. The van der Waals surface area contributed by atoms with Crippen LogP contribution < -0.4 is 10.1 Å². The van der Waals surface area contributed by atoms with Crippen molar-refractivity contribution >= 4 is 40.8 Å². The lowest BCUT2D eigenvalue weighted by atomic mass is 10.1. The molecule has 5 nitrogen and oxygen atoms in total. The SMILES string of the molecule is O=C(O)c1cc(COc2ccc(Cl)c(Cl)c2)ccc1NC(=O)C1CC1. The van der Waals surface area contributed by atoms with Gasteiger partial charge in [0.1, 0.15) is 12.4 Å². The van der Waals surface area contributed by atoms with E-state index in [1.165, 1.54) is 6.07 Å². The highest BCUT2D eigenvalue weighted by atomic mass is 35.5. The van der Waals surface area contributed by atoms with Crippen LogP contribution >= 0.6 is 23.2 Å². The Balaban J connectivity index is 1.73. The van der Waals surface area contributed by atoms with Gasteiger partial charge in [0.25, 0.3) is 0 Å². The van der Waals surface area contributed by atoms with E-state index < -0.39 is 5.97 Å². The van der Waals surface area contributed by atoms with Gasteiger partial charge in [-0.1, -0.05) is 29.3 Å². The lowest BCUT2D eigenvalue weighted by Gasteiger charge is -2.11. The molecule has 1 saturated carbocycles. The van der Waals surface area contributed by atoms with Crippen LogP contribution in [-0.2, 0) is 11.4 Å². The molecular formula is C18H15Cl2NO4.